The van der Waals surface area contributed by atoms with E-state index in [9.17, 15) is 0 Å². The first-order valence-electron chi connectivity index (χ1n) is 7.34. The van der Waals surface area contributed by atoms with Gasteiger partial charge in [-0.25, -0.2) is 0 Å². The van der Waals surface area contributed by atoms with Gasteiger partial charge in [0, 0.05) is 12.6 Å². The summed E-state index contributed by atoms with van der Waals surface area (Å²) in [4.78, 5) is 2.58. The summed E-state index contributed by atoms with van der Waals surface area (Å²) in [7, 11) is 0. The van der Waals surface area contributed by atoms with Gasteiger partial charge in [-0.15, -0.1) is 0 Å². The minimum absolute atomic E-state index is 0.383. The fourth-order valence-electron chi connectivity index (χ4n) is 3.35. The minimum atomic E-state index is 0.383. The minimum Gasteiger partial charge on any atom is -0.374 e. The van der Waals surface area contributed by atoms with Crippen LogP contribution in [0.1, 0.15) is 46.0 Å². The highest BCUT2D eigenvalue weighted by Crippen LogP contribution is 2.27. The molecule has 2 N–H and O–H groups in total. The molecule has 2 aliphatic rings. The Morgan fingerprint density at radius 2 is 1.94 bits per heavy atom. The first-order chi connectivity index (χ1) is 8.24. The van der Waals surface area contributed by atoms with Crippen LogP contribution in [0, 0.1) is 5.92 Å². The third kappa shape index (κ3) is 3.21. The van der Waals surface area contributed by atoms with Crippen LogP contribution in [0.2, 0.25) is 0 Å². The molecule has 2 rings (SSSR count). The van der Waals surface area contributed by atoms with Gasteiger partial charge in [-0.1, -0.05) is 13.3 Å². The Labute approximate surface area is 106 Å². The highest BCUT2D eigenvalue weighted by molar-refractivity contribution is 4.87. The van der Waals surface area contributed by atoms with Crippen molar-refractivity contribution in [3.8, 4) is 0 Å². The molecule has 3 unspecified atom stereocenters. The lowest BCUT2D eigenvalue weighted by molar-refractivity contribution is -0.0138. The molecule has 100 valence electrons. The van der Waals surface area contributed by atoms with Crippen molar-refractivity contribution in [3.05, 3.63) is 0 Å². The van der Waals surface area contributed by atoms with E-state index >= 15 is 0 Å². The van der Waals surface area contributed by atoms with Gasteiger partial charge in [0.25, 0.3) is 0 Å². The third-order valence-corrected chi connectivity index (χ3v) is 4.63. The number of nitrogens with two attached hydrogens (primary N) is 1. The lowest BCUT2D eigenvalue weighted by Gasteiger charge is -2.39. The number of likely N-dealkylation sites (tertiary alicyclic amines) is 1. The van der Waals surface area contributed by atoms with Crippen LogP contribution < -0.4 is 5.73 Å². The van der Waals surface area contributed by atoms with Crippen LogP contribution >= 0.6 is 0 Å². The van der Waals surface area contributed by atoms with E-state index in [0.717, 1.165) is 12.5 Å². The Morgan fingerprint density at radius 3 is 2.41 bits per heavy atom. The van der Waals surface area contributed by atoms with Crippen molar-refractivity contribution in [2.75, 3.05) is 19.6 Å². The van der Waals surface area contributed by atoms with E-state index in [4.69, 9.17) is 10.5 Å². The van der Waals surface area contributed by atoms with Gasteiger partial charge < -0.3 is 10.5 Å². The zero-order valence-corrected chi connectivity index (χ0v) is 11.4. The Balaban J connectivity index is 1.86. The van der Waals surface area contributed by atoms with E-state index in [1.165, 1.54) is 45.2 Å². The van der Waals surface area contributed by atoms with Crippen molar-refractivity contribution in [2.45, 2.75) is 64.2 Å². The maximum atomic E-state index is 6.00. The number of ether oxygens (including phenoxy) is 1. The SMILES string of the molecule is CCC1CCN(C(CN)C2CCC(C)O2)CC1. The zero-order valence-electron chi connectivity index (χ0n) is 11.4. The van der Waals surface area contributed by atoms with E-state index in [1.54, 1.807) is 0 Å². The molecule has 2 saturated heterocycles. The Morgan fingerprint density at radius 1 is 1.24 bits per heavy atom. The van der Waals surface area contributed by atoms with Crippen LogP contribution in [0.15, 0.2) is 0 Å². The molecule has 17 heavy (non-hydrogen) atoms. The van der Waals surface area contributed by atoms with Gasteiger partial charge >= 0.3 is 0 Å². The van der Waals surface area contributed by atoms with Crippen molar-refractivity contribution >= 4 is 0 Å². The van der Waals surface area contributed by atoms with Gasteiger partial charge in [0.15, 0.2) is 0 Å². The monoisotopic (exact) mass is 240 g/mol. The second-order valence-electron chi connectivity index (χ2n) is 5.75. The second-order valence-corrected chi connectivity index (χ2v) is 5.75. The lowest BCUT2D eigenvalue weighted by Crippen LogP contribution is -2.51. The van der Waals surface area contributed by atoms with Crippen LogP contribution in [-0.4, -0.2) is 42.8 Å². The van der Waals surface area contributed by atoms with E-state index in [1.807, 2.05) is 0 Å². The fourth-order valence-corrected chi connectivity index (χ4v) is 3.35. The van der Waals surface area contributed by atoms with Crippen LogP contribution in [0.5, 0.6) is 0 Å². The molecule has 0 aromatic carbocycles. The molecule has 0 aliphatic carbocycles. The average Bonchev–Trinajstić information content (AvgIpc) is 2.78. The number of hydrogen-bond acceptors (Lipinski definition) is 3. The summed E-state index contributed by atoms with van der Waals surface area (Å²) < 4.78 is 6.00. The van der Waals surface area contributed by atoms with E-state index < -0.39 is 0 Å². The van der Waals surface area contributed by atoms with E-state index in [2.05, 4.69) is 18.7 Å². The van der Waals surface area contributed by atoms with Gasteiger partial charge in [0.1, 0.15) is 0 Å². The Bertz CT molecular complexity index is 226. The topological polar surface area (TPSA) is 38.5 Å². The molecule has 0 aromatic rings. The molecule has 2 aliphatic heterocycles. The summed E-state index contributed by atoms with van der Waals surface area (Å²) in [6, 6.07) is 0.456. The smallest absolute Gasteiger partial charge is 0.0747 e. The summed E-state index contributed by atoms with van der Waals surface area (Å²) in [5.41, 5.74) is 5.97. The quantitative estimate of drug-likeness (QED) is 0.817. The van der Waals surface area contributed by atoms with Crippen molar-refractivity contribution in [3.63, 3.8) is 0 Å². The number of hydrogen-bond donors (Lipinski definition) is 1. The molecular weight excluding hydrogens is 212 g/mol. The molecule has 2 fully saturated rings. The summed E-state index contributed by atoms with van der Waals surface area (Å²) in [5, 5.41) is 0. The van der Waals surface area contributed by atoms with E-state index in [0.29, 0.717) is 18.2 Å². The maximum absolute atomic E-state index is 6.00. The van der Waals surface area contributed by atoms with Crippen LogP contribution in [0.3, 0.4) is 0 Å². The second kappa shape index (κ2) is 6.17. The average molecular weight is 240 g/mol. The highest BCUT2D eigenvalue weighted by Gasteiger charge is 2.34. The van der Waals surface area contributed by atoms with Gasteiger partial charge in [0.2, 0.25) is 0 Å². The molecule has 0 amide bonds. The molecule has 3 heteroatoms. The molecule has 3 nitrogen and oxygen atoms in total. The van der Waals surface area contributed by atoms with Gasteiger partial charge in [-0.05, 0) is 51.6 Å². The van der Waals surface area contributed by atoms with Crippen LogP contribution in [0.4, 0.5) is 0 Å². The van der Waals surface area contributed by atoms with Gasteiger partial charge in [-0.2, -0.15) is 0 Å². The zero-order chi connectivity index (χ0) is 12.3. The van der Waals surface area contributed by atoms with Crippen LogP contribution in [0.25, 0.3) is 0 Å². The molecule has 0 saturated carbocycles. The molecule has 0 spiro atoms. The number of rotatable bonds is 4. The third-order valence-electron chi connectivity index (χ3n) is 4.63. The lowest BCUT2D eigenvalue weighted by atomic mass is 9.92. The Hall–Kier alpha value is -0.120. The van der Waals surface area contributed by atoms with Gasteiger partial charge in [-0.3, -0.25) is 4.90 Å². The van der Waals surface area contributed by atoms with Crippen molar-refractivity contribution < 1.29 is 4.74 Å². The highest BCUT2D eigenvalue weighted by atomic mass is 16.5. The predicted octanol–water partition coefficient (Wildman–Crippen LogP) is 2.00. The Kier molecular flexibility index (Phi) is 4.83. The summed E-state index contributed by atoms with van der Waals surface area (Å²) in [5.74, 6) is 0.938. The first-order valence-corrected chi connectivity index (χ1v) is 7.34. The van der Waals surface area contributed by atoms with Crippen LogP contribution in [-0.2, 0) is 4.74 Å². The molecule has 3 atom stereocenters. The predicted molar refractivity (Wildman–Crippen MR) is 71.0 cm³/mol. The molecule has 0 aromatic heterocycles. The molecule has 2 heterocycles. The van der Waals surface area contributed by atoms with Crippen molar-refractivity contribution in [1.82, 2.24) is 4.90 Å². The van der Waals surface area contributed by atoms with E-state index in [-0.39, 0.29) is 0 Å². The van der Waals surface area contributed by atoms with Crippen molar-refractivity contribution in [1.29, 1.82) is 0 Å². The summed E-state index contributed by atoms with van der Waals surface area (Å²) in [6.45, 7) is 7.66. The number of nitrogens with zero attached hydrogens (tertiary/aromatic N) is 1. The molecule has 0 bridgehead atoms. The van der Waals surface area contributed by atoms with Crippen molar-refractivity contribution in [2.24, 2.45) is 11.7 Å². The summed E-state index contributed by atoms with van der Waals surface area (Å²) >= 11 is 0. The van der Waals surface area contributed by atoms with Gasteiger partial charge in [0.05, 0.1) is 12.2 Å². The largest absolute Gasteiger partial charge is 0.374 e. The molecule has 0 radical (unpaired) electrons. The number of piperidine rings is 1. The normalized spacial score (nSPS) is 34.1. The summed E-state index contributed by atoms with van der Waals surface area (Å²) in [6.07, 6.45) is 7.22. The maximum Gasteiger partial charge on any atom is 0.0747 e. The standard InChI is InChI=1S/C14H28N2O/c1-3-12-6-8-16(9-7-12)13(10-15)14-5-4-11(2)17-14/h11-14H,3-10,15H2,1-2H3. The first kappa shape index (κ1) is 13.3. The molecular formula is C14H28N2O. The fraction of sp³-hybridized carbons (Fsp3) is 1.00.